The largest absolute Gasteiger partial charge is 0.370 e. The van der Waals surface area contributed by atoms with Gasteiger partial charge in [-0.2, -0.15) is 0 Å². The van der Waals surface area contributed by atoms with Gasteiger partial charge in [0.2, 0.25) is 0 Å². The van der Waals surface area contributed by atoms with Gasteiger partial charge in [0.05, 0.1) is 0 Å². The van der Waals surface area contributed by atoms with Crippen molar-refractivity contribution >= 4 is 17.3 Å². The summed E-state index contributed by atoms with van der Waals surface area (Å²) in [5, 5.41) is 4.05. The lowest BCUT2D eigenvalue weighted by Crippen LogP contribution is -2.20. The number of benzene rings is 2. The maximum absolute atomic E-state index is 13.0. The second-order valence-electron chi connectivity index (χ2n) is 5.04. The molecule has 0 aromatic heterocycles. The van der Waals surface area contributed by atoms with Crippen molar-refractivity contribution in [2.24, 2.45) is 0 Å². The maximum atomic E-state index is 13.0. The van der Waals surface area contributed by atoms with E-state index in [4.69, 9.17) is 11.6 Å². The van der Waals surface area contributed by atoms with Gasteiger partial charge in [-0.25, -0.2) is 4.39 Å². The molecule has 0 aliphatic carbocycles. The number of anilines is 1. The third-order valence-corrected chi connectivity index (χ3v) is 3.59. The van der Waals surface area contributed by atoms with Gasteiger partial charge in [0.15, 0.2) is 0 Å². The average molecular weight is 307 g/mol. The van der Waals surface area contributed by atoms with Crippen LogP contribution in [0.3, 0.4) is 0 Å². The SMILES string of the molecule is CCNCc1ccc(Cl)cc1N(C)Cc1ccc(F)cc1. The van der Waals surface area contributed by atoms with Gasteiger partial charge in [0, 0.05) is 30.8 Å². The van der Waals surface area contributed by atoms with Crippen LogP contribution >= 0.6 is 11.6 Å². The number of rotatable bonds is 6. The van der Waals surface area contributed by atoms with Gasteiger partial charge >= 0.3 is 0 Å². The molecule has 0 saturated heterocycles. The van der Waals surface area contributed by atoms with E-state index in [9.17, 15) is 4.39 Å². The normalized spacial score (nSPS) is 10.7. The van der Waals surface area contributed by atoms with Crippen LogP contribution in [0.4, 0.5) is 10.1 Å². The lowest BCUT2D eigenvalue weighted by molar-refractivity contribution is 0.627. The Morgan fingerprint density at radius 1 is 1.14 bits per heavy atom. The van der Waals surface area contributed by atoms with Crippen LogP contribution in [0.2, 0.25) is 5.02 Å². The molecule has 4 heteroatoms. The van der Waals surface area contributed by atoms with Gasteiger partial charge in [-0.15, -0.1) is 0 Å². The third kappa shape index (κ3) is 4.45. The molecule has 0 bridgehead atoms. The zero-order valence-corrected chi connectivity index (χ0v) is 13.1. The van der Waals surface area contributed by atoms with Crippen molar-refractivity contribution in [1.82, 2.24) is 5.32 Å². The highest BCUT2D eigenvalue weighted by molar-refractivity contribution is 6.30. The zero-order chi connectivity index (χ0) is 15.2. The first-order valence-corrected chi connectivity index (χ1v) is 7.42. The summed E-state index contributed by atoms with van der Waals surface area (Å²) < 4.78 is 13.0. The van der Waals surface area contributed by atoms with Gasteiger partial charge in [-0.3, -0.25) is 0 Å². The predicted molar refractivity (Wildman–Crippen MR) is 87.3 cm³/mol. The highest BCUT2D eigenvalue weighted by Crippen LogP contribution is 2.25. The molecule has 1 N–H and O–H groups in total. The minimum atomic E-state index is -0.211. The fourth-order valence-corrected chi connectivity index (χ4v) is 2.42. The highest BCUT2D eigenvalue weighted by Gasteiger charge is 2.09. The second-order valence-corrected chi connectivity index (χ2v) is 5.47. The smallest absolute Gasteiger partial charge is 0.123 e. The molecule has 0 heterocycles. The summed E-state index contributed by atoms with van der Waals surface area (Å²) in [7, 11) is 2.02. The molecule has 0 spiro atoms. The number of hydrogen-bond donors (Lipinski definition) is 1. The van der Waals surface area contributed by atoms with E-state index in [-0.39, 0.29) is 5.82 Å². The lowest BCUT2D eigenvalue weighted by atomic mass is 10.1. The minimum absolute atomic E-state index is 0.211. The Balaban J connectivity index is 2.18. The Kier molecular flexibility index (Phi) is 5.59. The Morgan fingerprint density at radius 3 is 2.52 bits per heavy atom. The van der Waals surface area contributed by atoms with E-state index in [0.717, 1.165) is 29.4 Å². The van der Waals surface area contributed by atoms with Crippen LogP contribution in [0, 0.1) is 5.82 Å². The quantitative estimate of drug-likeness (QED) is 0.859. The number of halogens is 2. The van der Waals surface area contributed by atoms with Crippen molar-refractivity contribution in [3.05, 3.63) is 64.4 Å². The van der Waals surface area contributed by atoms with Crippen LogP contribution in [-0.4, -0.2) is 13.6 Å². The molecule has 112 valence electrons. The van der Waals surface area contributed by atoms with E-state index in [0.29, 0.717) is 6.54 Å². The van der Waals surface area contributed by atoms with E-state index in [1.165, 1.54) is 17.7 Å². The molecule has 0 aliphatic rings. The minimum Gasteiger partial charge on any atom is -0.370 e. The van der Waals surface area contributed by atoms with Crippen molar-refractivity contribution in [3.8, 4) is 0 Å². The summed E-state index contributed by atoms with van der Waals surface area (Å²) in [6, 6.07) is 12.5. The summed E-state index contributed by atoms with van der Waals surface area (Å²) in [5.41, 5.74) is 3.35. The summed E-state index contributed by atoms with van der Waals surface area (Å²) in [6.07, 6.45) is 0. The van der Waals surface area contributed by atoms with Crippen molar-refractivity contribution in [2.45, 2.75) is 20.0 Å². The van der Waals surface area contributed by atoms with Gasteiger partial charge < -0.3 is 10.2 Å². The number of hydrogen-bond acceptors (Lipinski definition) is 2. The Hall–Kier alpha value is -1.58. The van der Waals surface area contributed by atoms with Crippen LogP contribution in [0.1, 0.15) is 18.1 Å². The number of nitrogens with zero attached hydrogens (tertiary/aromatic N) is 1. The average Bonchev–Trinajstić information content (AvgIpc) is 2.48. The van der Waals surface area contributed by atoms with Crippen LogP contribution in [0.25, 0.3) is 0 Å². The monoisotopic (exact) mass is 306 g/mol. The molecule has 0 fully saturated rings. The zero-order valence-electron chi connectivity index (χ0n) is 12.4. The van der Waals surface area contributed by atoms with Crippen LogP contribution < -0.4 is 10.2 Å². The molecule has 2 nitrogen and oxygen atoms in total. The lowest BCUT2D eigenvalue weighted by Gasteiger charge is -2.23. The first-order chi connectivity index (χ1) is 10.1. The maximum Gasteiger partial charge on any atom is 0.123 e. The van der Waals surface area contributed by atoms with E-state index in [1.807, 2.05) is 25.2 Å². The summed E-state index contributed by atoms with van der Waals surface area (Å²) in [4.78, 5) is 2.13. The van der Waals surface area contributed by atoms with Crippen LogP contribution in [0.5, 0.6) is 0 Å². The van der Waals surface area contributed by atoms with E-state index >= 15 is 0 Å². The van der Waals surface area contributed by atoms with E-state index in [2.05, 4.69) is 17.1 Å². The first-order valence-electron chi connectivity index (χ1n) is 7.05. The molecule has 0 radical (unpaired) electrons. The molecule has 21 heavy (non-hydrogen) atoms. The summed E-state index contributed by atoms with van der Waals surface area (Å²) >= 11 is 6.12. The van der Waals surface area contributed by atoms with Gasteiger partial charge in [-0.1, -0.05) is 36.7 Å². The fourth-order valence-electron chi connectivity index (χ4n) is 2.25. The van der Waals surface area contributed by atoms with Crippen molar-refractivity contribution < 1.29 is 4.39 Å². The summed E-state index contributed by atoms with van der Waals surface area (Å²) in [6.45, 7) is 4.51. The Morgan fingerprint density at radius 2 is 1.86 bits per heavy atom. The highest BCUT2D eigenvalue weighted by atomic mass is 35.5. The van der Waals surface area contributed by atoms with Crippen molar-refractivity contribution in [2.75, 3.05) is 18.5 Å². The van der Waals surface area contributed by atoms with Crippen molar-refractivity contribution in [3.63, 3.8) is 0 Å². The molecule has 0 saturated carbocycles. The molecule has 0 atom stereocenters. The Labute approximate surface area is 130 Å². The topological polar surface area (TPSA) is 15.3 Å². The van der Waals surface area contributed by atoms with Crippen molar-refractivity contribution in [1.29, 1.82) is 0 Å². The van der Waals surface area contributed by atoms with Gasteiger partial charge in [-0.05, 0) is 41.9 Å². The predicted octanol–water partition coefficient (Wildman–Crippen LogP) is 4.23. The summed E-state index contributed by atoms with van der Waals surface area (Å²) in [5.74, 6) is -0.211. The molecule has 0 unspecified atom stereocenters. The molecule has 2 aromatic rings. The number of nitrogens with one attached hydrogen (secondary N) is 1. The molecular formula is C17H20ClFN2. The first kappa shape index (κ1) is 15.8. The third-order valence-electron chi connectivity index (χ3n) is 3.36. The standard InChI is InChI=1S/C17H20ClFN2/c1-3-20-11-14-6-7-15(18)10-17(14)21(2)12-13-4-8-16(19)9-5-13/h4-10,20H,3,11-12H2,1-2H3. The molecule has 0 amide bonds. The van der Waals surface area contributed by atoms with Gasteiger partial charge in [0.1, 0.15) is 5.82 Å². The Bertz CT molecular complexity index is 584. The molecular weight excluding hydrogens is 287 g/mol. The van der Waals surface area contributed by atoms with Crippen LogP contribution in [0.15, 0.2) is 42.5 Å². The molecule has 2 rings (SSSR count). The van der Waals surface area contributed by atoms with Gasteiger partial charge in [0.25, 0.3) is 0 Å². The van der Waals surface area contributed by atoms with E-state index in [1.54, 1.807) is 12.1 Å². The second kappa shape index (κ2) is 7.43. The fraction of sp³-hybridized carbons (Fsp3) is 0.294. The van der Waals surface area contributed by atoms with Crippen LogP contribution in [-0.2, 0) is 13.1 Å². The molecule has 2 aromatic carbocycles. The molecule has 0 aliphatic heterocycles. The van der Waals surface area contributed by atoms with E-state index < -0.39 is 0 Å².